The van der Waals surface area contributed by atoms with Gasteiger partial charge in [-0.2, -0.15) is 0 Å². The average molecular weight is 322 g/mol. The van der Waals surface area contributed by atoms with Crippen LogP contribution in [0.15, 0.2) is 30.3 Å². The van der Waals surface area contributed by atoms with Gasteiger partial charge in [-0.3, -0.25) is 4.79 Å². The average Bonchev–Trinajstić information content (AvgIpc) is 3.01. The Hall–Kier alpha value is -1.31. The minimum Gasteiger partial charge on any atom is -0.369 e. The SMILES string of the molecule is CO[C@H]1O[C@H](C(=O)COCc2ccccc2)[C@@H]2OC(C)(C)O[C@H]12. The Morgan fingerprint density at radius 3 is 2.57 bits per heavy atom. The van der Waals surface area contributed by atoms with Gasteiger partial charge in [-0.25, -0.2) is 0 Å². The Bertz CT molecular complexity index is 543. The van der Waals surface area contributed by atoms with Gasteiger partial charge < -0.3 is 23.7 Å². The number of fused-ring (bicyclic) bond motifs is 1. The first kappa shape index (κ1) is 16.5. The van der Waals surface area contributed by atoms with E-state index in [0.29, 0.717) is 6.61 Å². The van der Waals surface area contributed by atoms with Crippen LogP contribution in [-0.2, 0) is 35.1 Å². The molecule has 1 aromatic rings. The lowest BCUT2D eigenvalue weighted by atomic mass is 10.1. The van der Waals surface area contributed by atoms with Crippen LogP contribution < -0.4 is 0 Å². The standard InChI is InChI=1S/C17H22O6/c1-17(2)22-14-13(21-16(19-3)15(14)23-17)12(18)10-20-9-11-7-5-4-6-8-11/h4-8,13-16H,9-10H2,1-3H3/t13-,14+,15+,16+/m1/s1. The molecule has 23 heavy (non-hydrogen) atoms. The third kappa shape index (κ3) is 3.62. The Kier molecular flexibility index (Phi) is 4.79. The van der Waals surface area contributed by atoms with Crippen molar-refractivity contribution in [2.45, 2.75) is 50.8 Å². The Labute approximate surface area is 135 Å². The second-order valence-corrected chi connectivity index (χ2v) is 6.17. The van der Waals surface area contributed by atoms with Gasteiger partial charge in [0.25, 0.3) is 0 Å². The van der Waals surface area contributed by atoms with Crippen molar-refractivity contribution >= 4 is 5.78 Å². The lowest BCUT2D eigenvalue weighted by Crippen LogP contribution is -2.37. The molecule has 0 bridgehead atoms. The van der Waals surface area contributed by atoms with Crippen molar-refractivity contribution in [3.63, 3.8) is 0 Å². The zero-order valence-corrected chi connectivity index (χ0v) is 13.6. The van der Waals surface area contributed by atoms with E-state index in [0.717, 1.165) is 5.56 Å². The van der Waals surface area contributed by atoms with E-state index in [9.17, 15) is 4.79 Å². The number of ketones is 1. The Morgan fingerprint density at radius 1 is 1.17 bits per heavy atom. The van der Waals surface area contributed by atoms with E-state index >= 15 is 0 Å². The van der Waals surface area contributed by atoms with E-state index in [-0.39, 0.29) is 12.4 Å². The van der Waals surface area contributed by atoms with Crippen LogP contribution in [0.5, 0.6) is 0 Å². The summed E-state index contributed by atoms with van der Waals surface area (Å²) in [6.07, 6.45) is -2.21. The van der Waals surface area contributed by atoms with Gasteiger partial charge in [0.05, 0.1) is 6.61 Å². The summed E-state index contributed by atoms with van der Waals surface area (Å²) in [7, 11) is 1.52. The molecular weight excluding hydrogens is 300 g/mol. The van der Waals surface area contributed by atoms with E-state index in [1.165, 1.54) is 7.11 Å². The number of carbonyl (C=O) groups is 1. The fourth-order valence-corrected chi connectivity index (χ4v) is 2.94. The highest BCUT2D eigenvalue weighted by Crippen LogP contribution is 2.39. The molecule has 3 rings (SSSR count). The van der Waals surface area contributed by atoms with E-state index < -0.39 is 30.4 Å². The molecule has 0 unspecified atom stereocenters. The van der Waals surface area contributed by atoms with Crippen molar-refractivity contribution in [1.82, 2.24) is 0 Å². The van der Waals surface area contributed by atoms with Gasteiger partial charge >= 0.3 is 0 Å². The second-order valence-electron chi connectivity index (χ2n) is 6.17. The summed E-state index contributed by atoms with van der Waals surface area (Å²) in [6, 6.07) is 9.69. The van der Waals surface area contributed by atoms with Crippen LogP contribution in [0.2, 0.25) is 0 Å². The largest absolute Gasteiger partial charge is 0.369 e. The van der Waals surface area contributed by atoms with E-state index in [4.69, 9.17) is 23.7 Å². The monoisotopic (exact) mass is 322 g/mol. The van der Waals surface area contributed by atoms with Gasteiger partial charge in [0, 0.05) is 7.11 Å². The first-order chi connectivity index (χ1) is 11.0. The molecule has 126 valence electrons. The number of benzene rings is 1. The molecule has 0 aromatic heterocycles. The van der Waals surface area contributed by atoms with Gasteiger partial charge in [-0.05, 0) is 19.4 Å². The topological polar surface area (TPSA) is 63.2 Å². The Balaban J connectivity index is 1.57. The number of carbonyl (C=O) groups excluding carboxylic acids is 1. The lowest BCUT2D eigenvalue weighted by molar-refractivity contribution is -0.226. The molecule has 6 nitrogen and oxygen atoms in total. The summed E-state index contributed by atoms with van der Waals surface area (Å²) in [5.74, 6) is -0.920. The molecule has 2 fully saturated rings. The minimum absolute atomic E-state index is 0.0387. The molecule has 2 heterocycles. The Morgan fingerprint density at radius 2 is 1.87 bits per heavy atom. The molecule has 6 heteroatoms. The van der Waals surface area contributed by atoms with Crippen LogP contribution in [0.1, 0.15) is 19.4 Å². The van der Waals surface area contributed by atoms with Crippen molar-refractivity contribution < 1.29 is 28.5 Å². The highest BCUT2D eigenvalue weighted by molar-refractivity contribution is 5.85. The zero-order chi connectivity index (χ0) is 16.4. The second kappa shape index (κ2) is 6.67. The molecule has 0 N–H and O–H groups in total. The van der Waals surface area contributed by atoms with Gasteiger partial charge in [-0.15, -0.1) is 0 Å². The molecule has 4 atom stereocenters. The van der Waals surface area contributed by atoms with Crippen LogP contribution in [-0.4, -0.2) is 49.9 Å². The predicted octanol–water partition coefficient (Wildman–Crippen LogP) is 1.66. The minimum atomic E-state index is -0.751. The third-order valence-corrected chi connectivity index (χ3v) is 3.92. The molecule has 2 saturated heterocycles. The molecule has 0 radical (unpaired) electrons. The maximum Gasteiger partial charge on any atom is 0.190 e. The molecule has 0 aliphatic carbocycles. The molecule has 0 saturated carbocycles. The van der Waals surface area contributed by atoms with E-state index in [1.54, 1.807) is 0 Å². The van der Waals surface area contributed by atoms with Gasteiger partial charge in [0.2, 0.25) is 0 Å². The van der Waals surface area contributed by atoms with Crippen LogP contribution in [0.25, 0.3) is 0 Å². The van der Waals surface area contributed by atoms with Gasteiger partial charge in [0.1, 0.15) is 18.8 Å². The number of ether oxygens (including phenoxy) is 5. The van der Waals surface area contributed by atoms with Gasteiger partial charge in [-0.1, -0.05) is 30.3 Å². The summed E-state index contributed by atoms with van der Waals surface area (Å²) in [4.78, 5) is 12.4. The van der Waals surface area contributed by atoms with Crippen LogP contribution in [0, 0.1) is 0 Å². The predicted molar refractivity (Wildman–Crippen MR) is 80.6 cm³/mol. The van der Waals surface area contributed by atoms with Crippen molar-refractivity contribution in [3.05, 3.63) is 35.9 Å². The van der Waals surface area contributed by atoms with Crippen LogP contribution in [0.4, 0.5) is 0 Å². The molecule has 1 aromatic carbocycles. The number of rotatable bonds is 6. The maximum absolute atomic E-state index is 12.4. The van der Waals surface area contributed by atoms with Crippen molar-refractivity contribution in [2.75, 3.05) is 13.7 Å². The molecular formula is C17H22O6. The molecule has 2 aliphatic rings. The van der Waals surface area contributed by atoms with Crippen molar-refractivity contribution in [3.8, 4) is 0 Å². The first-order valence-electron chi connectivity index (χ1n) is 7.68. The van der Waals surface area contributed by atoms with Gasteiger partial charge in [0.15, 0.2) is 24.0 Å². The van der Waals surface area contributed by atoms with E-state index in [1.807, 2.05) is 44.2 Å². The molecule has 0 spiro atoms. The molecule has 0 amide bonds. The number of hydrogen-bond donors (Lipinski definition) is 0. The van der Waals surface area contributed by atoms with E-state index in [2.05, 4.69) is 0 Å². The van der Waals surface area contributed by atoms with Crippen molar-refractivity contribution in [2.24, 2.45) is 0 Å². The highest BCUT2D eigenvalue weighted by atomic mass is 16.8. The number of Topliss-reactive ketones (excluding diaryl/α,β-unsaturated/α-hetero) is 1. The quantitative estimate of drug-likeness (QED) is 0.794. The number of methoxy groups -OCH3 is 1. The molecule has 2 aliphatic heterocycles. The maximum atomic E-state index is 12.4. The van der Waals surface area contributed by atoms with Crippen LogP contribution in [0.3, 0.4) is 0 Å². The van der Waals surface area contributed by atoms with Crippen LogP contribution >= 0.6 is 0 Å². The first-order valence-corrected chi connectivity index (χ1v) is 7.68. The summed E-state index contributed by atoms with van der Waals surface area (Å²) < 4.78 is 27.9. The number of hydrogen-bond acceptors (Lipinski definition) is 6. The normalized spacial score (nSPS) is 32.0. The lowest BCUT2D eigenvalue weighted by Gasteiger charge is -2.23. The third-order valence-electron chi connectivity index (χ3n) is 3.92. The summed E-state index contributed by atoms with van der Waals surface area (Å²) in [5.41, 5.74) is 1.02. The van der Waals surface area contributed by atoms with Crippen molar-refractivity contribution in [1.29, 1.82) is 0 Å². The summed E-state index contributed by atoms with van der Waals surface area (Å²) >= 11 is 0. The highest BCUT2D eigenvalue weighted by Gasteiger charge is 2.57. The fraction of sp³-hybridized carbons (Fsp3) is 0.588. The smallest absolute Gasteiger partial charge is 0.190 e. The fourth-order valence-electron chi connectivity index (χ4n) is 2.94. The summed E-state index contributed by atoms with van der Waals surface area (Å²) in [5, 5.41) is 0. The summed E-state index contributed by atoms with van der Waals surface area (Å²) in [6.45, 7) is 3.96. The zero-order valence-electron chi connectivity index (χ0n) is 13.6.